The Labute approximate surface area is 245 Å². The number of carboxylic acid groups (broad SMARTS) is 1. The summed E-state index contributed by atoms with van der Waals surface area (Å²) < 4.78 is 70.8. The quantitative estimate of drug-likeness (QED) is 0.381. The fraction of sp³-hybridized carbons (Fsp3) is 0.500. The number of hydrogen-bond donors (Lipinski definition) is 1. The van der Waals surface area contributed by atoms with Crippen LogP contribution in [0.4, 0.5) is 0 Å². The number of carboxylic acids is 1. The summed E-state index contributed by atoms with van der Waals surface area (Å²) >= 11 is 0. The van der Waals surface area contributed by atoms with E-state index in [-0.39, 0.29) is 47.1 Å². The van der Waals surface area contributed by atoms with Gasteiger partial charge in [-0.3, -0.25) is 4.79 Å². The summed E-state index contributed by atoms with van der Waals surface area (Å²) in [5.74, 6) is -1.03. The van der Waals surface area contributed by atoms with Gasteiger partial charge in [0.05, 0.1) is 40.1 Å². The van der Waals surface area contributed by atoms with Crippen LogP contribution in [0.15, 0.2) is 46.5 Å². The number of hydrogen-bond acceptors (Lipinski definition) is 8. The Balaban J connectivity index is 1.65. The first-order valence-corrected chi connectivity index (χ1v) is 16.7. The molecule has 0 bridgehead atoms. The van der Waals surface area contributed by atoms with Crippen molar-refractivity contribution in [2.75, 3.05) is 40.4 Å². The van der Waals surface area contributed by atoms with Gasteiger partial charge in [0.1, 0.15) is 0 Å². The van der Waals surface area contributed by atoms with Crippen LogP contribution in [0.1, 0.15) is 36.8 Å². The minimum absolute atomic E-state index is 0.00758. The molecule has 12 nitrogen and oxygen atoms in total. The summed E-state index contributed by atoms with van der Waals surface area (Å²) in [5.41, 5.74) is 2.32. The molecule has 0 unspecified atom stereocenters. The molecule has 5 rings (SSSR count). The summed E-state index contributed by atoms with van der Waals surface area (Å²) in [6.45, 7) is 2.90. The minimum atomic E-state index is -4.02. The Morgan fingerprint density at radius 3 is 2.02 bits per heavy atom. The standard InChI is InChI=1S/C28H36N4O8S2/c1-19-24(10-15-32-28(19)20(18-29-32)16-27(33)34)25-17-23(41(35,36)30-11-6-21(39-2)7-12-30)4-5-26(25)42(37,38)31-13-8-22(40-3)9-14-31/h4-5,10,15,17-18,21-22H,6-9,11-14,16H2,1-3H3,(H,33,34). The van der Waals surface area contributed by atoms with E-state index in [2.05, 4.69) is 5.10 Å². The highest BCUT2D eigenvalue weighted by atomic mass is 32.2. The van der Waals surface area contributed by atoms with E-state index in [4.69, 9.17) is 9.47 Å². The first kappa shape index (κ1) is 30.6. The molecule has 1 aromatic carbocycles. The summed E-state index contributed by atoms with van der Waals surface area (Å²) in [5, 5.41) is 13.7. The third kappa shape index (κ3) is 5.71. The molecule has 1 N–H and O–H groups in total. The SMILES string of the molecule is COC1CCN(S(=O)(=O)c2ccc(S(=O)(=O)N3CCC(OC)CC3)c(-c3ccn4ncc(CC(=O)O)c4c3C)c2)CC1. The number of aromatic nitrogens is 2. The van der Waals surface area contributed by atoms with Gasteiger partial charge in [-0.2, -0.15) is 13.7 Å². The molecule has 42 heavy (non-hydrogen) atoms. The Bertz CT molecular complexity index is 1690. The fourth-order valence-corrected chi connectivity index (χ4v) is 9.07. The first-order chi connectivity index (χ1) is 20.0. The van der Waals surface area contributed by atoms with Crippen LogP contribution in [0.25, 0.3) is 16.6 Å². The fourth-order valence-electron chi connectivity index (χ4n) is 5.91. The predicted molar refractivity (Wildman–Crippen MR) is 154 cm³/mol. The molecular weight excluding hydrogens is 584 g/mol. The number of benzene rings is 1. The maximum atomic E-state index is 14.1. The molecule has 0 aliphatic carbocycles. The number of carbonyl (C=O) groups is 1. The van der Waals surface area contributed by atoms with Crippen LogP contribution in [0.5, 0.6) is 0 Å². The number of aryl methyl sites for hydroxylation is 1. The highest BCUT2D eigenvalue weighted by Gasteiger charge is 2.34. The average Bonchev–Trinajstić information content (AvgIpc) is 3.39. The van der Waals surface area contributed by atoms with Gasteiger partial charge < -0.3 is 14.6 Å². The zero-order valence-corrected chi connectivity index (χ0v) is 25.5. The molecule has 228 valence electrons. The zero-order valence-electron chi connectivity index (χ0n) is 23.9. The third-order valence-corrected chi connectivity index (χ3v) is 12.2. The molecule has 3 aromatic rings. The number of piperidine rings is 2. The van der Waals surface area contributed by atoms with Gasteiger partial charge in [0.25, 0.3) is 0 Å². The Morgan fingerprint density at radius 2 is 1.48 bits per heavy atom. The van der Waals surface area contributed by atoms with Gasteiger partial charge in [0.2, 0.25) is 20.0 Å². The number of sulfonamides is 2. The van der Waals surface area contributed by atoms with Crippen molar-refractivity contribution in [2.45, 2.75) is 61.0 Å². The Kier molecular flexibility index (Phi) is 8.75. The molecule has 4 heterocycles. The normalized spacial score (nSPS) is 18.5. The lowest BCUT2D eigenvalue weighted by Gasteiger charge is -2.32. The van der Waals surface area contributed by atoms with Gasteiger partial charge in [-0.1, -0.05) is 0 Å². The second-order valence-electron chi connectivity index (χ2n) is 10.7. The Hall–Kier alpha value is -2.88. The van der Waals surface area contributed by atoms with Crippen molar-refractivity contribution in [3.05, 3.63) is 47.8 Å². The zero-order chi connectivity index (χ0) is 30.2. The molecule has 2 aliphatic heterocycles. The van der Waals surface area contributed by atoms with Crippen molar-refractivity contribution >= 4 is 31.5 Å². The monoisotopic (exact) mass is 620 g/mol. The Morgan fingerprint density at radius 1 is 0.905 bits per heavy atom. The van der Waals surface area contributed by atoms with Crippen LogP contribution in [-0.2, 0) is 40.7 Å². The van der Waals surface area contributed by atoms with Gasteiger partial charge in [0.15, 0.2) is 0 Å². The van der Waals surface area contributed by atoms with Gasteiger partial charge in [-0.25, -0.2) is 21.4 Å². The van der Waals surface area contributed by atoms with Gasteiger partial charge >= 0.3 is 5.97 Å². The maximum Gasteiger partial charge on any atom is 0.307 e. The summed E-state index contributed by atoms with van der Waals surface area (Å²) in [6, 6.07) is 5.85. The van der Waals surface area contributed by atoms with Crippen LogP contribution in [0.2, 0.25) is 0 Å². The van der Waals surface area contributed by atoms with Crippen LogP contribution in [0.3, 0.4) is 0 Å². The molecule has 2 fully saturated rings. The van der Waals surface area contributed by atoms with E-state index in [1.807, 2.05) is 0 Å². The number of methoxy groups -OCH3 is 2. The predicted octanol–water partition coefficient (Wildman–Crippen LogP) is 2.54. The van der Waals surface area contributed by atoms with Gasteiger partial charge in [-0.05, 0) is 68.0 Å². The van der Waals surface area contributed by atoms with Crippen LogP contribution in [0, 0.1) is 6.92 Å². The smallest absolute Gasteiger partial charge is 0.307 e. The topological polar surface area (TPSA) is 148 Å². The van der Waals surface area contributed by atoms with Crippen molar-refractivity contribution in [2.24, 2.45) is 0 Å². The summed E-state index contributed by atoms with van der Waals surface area (Å²) in [4.78, 5) is 11.5. The molecule has 0 radical (unpaired) electrons. The molecule has 0 saturated carbocycles. The molecule has 2 aliphatic rings. The van der Waals surface area contributed by atoms with E-state index >= 15 is 0 Å². The lowest BCUT2D eigenvalue weighted by Crippen LogP contribution is -2.41. The molecule has 0 spiro atoms. The van der Waals surface area contributed by atoms with Crippen molar-refractivity contribution in [3.63, 3.8) is 0 Å². The second-order valence-corrected chi connectivity index (χ2v) is 14.6. The highest BCUT2D eigenvalue weighted by molar-refractivity contribution is 7.89. The van der Waals surface area contributed by atoms with E-state index in [1.54, 1.807) is 37.9 Å². The number of ether oxygens (including phenoxy) is 2. The van der Waals surface area contributed by atoms with E-state index in [0.717, 1.165) is 0 Å². The van der Waals surface area contributed by atoms with Crippen molar-refractivity contribution in [1.82, 2.24) is 18.2 Å². The first-order valence-electron chi connectivity index (χ1n) is 13.8. The minimum Gasteiger partial charge on any atom is -0.481 e. The molecule has 2 aromatic heterocycles. The average molecular weight is 621 g/mol. The largest absolute Gasteiger partial charge is 0.481 e. The van der Waals surface area contributed by atoms with Gasteiger partial charge in [0, 0.05) is 57.7 Å². The molecule has 0 atom stereocenters. The number of pyridine rings is 1. The van der Waals surface area contributed by atoms with Crippen molar-refractivity contribution in [3.8, 4) is 11.1 Å². The lowest BCUT2D eigenvalue weighted by atomic mass is 9.99. The van der Waals surface area contributed by atoms with E-state index in [0.29, 0.717) is 61.0 Å². The molecular formula is C28H36N4O8S2. The molecule has 0 amide bonds. The summed E-state index contributed by atoms with van der Waals surface area (Å²) in [6.07, 6.45) is 5.03. The second kappa shape index (κ2) is 12.0. The molecule has 14 heteroatoms. The van der Waals surface area contributed by atoms with Crippen molar-refractivity contribution in [1.29, 1.82) is 0 Å². The van der Waals surface area contributed by atoms with Gasteiger partial charge in [-0.15, -0.1) is 0 Å². The van der Waals surface area contributed by atoms with Crippen LogP contribution >= 0.6 is 0 Å². The van der Waals surface area contributed by atoms with Crippen LogP contribution in [-0.4, -0.2) is 98.7 Å². The third-order valence-electron chi connectivity index (χ3n) is 8.32. The van der Waals surface area contributed by atoms with E-state index in [9.17, 15) is 26.7 Å². The lowest BCUT2D eigenvalue weighted by molar-refractivity contribution is -0.136. The number of rotatable bonds is 9. The number of nitrogens with zero attached hydrogens (tertiary/aromatic N) is 4. The van der Waals surface area contributed by atoms with Crippen LogP contribution < -0.4 is 0 Å². The highest BCUT2D eigenvalue weighted by Crippen LogP contribution is 2.37. The summed E-state index contributed by atoms with van der Waals surface area (Å²) in [7, 11) is -4.73. The maximum absolute atomic E-state index is 14.1. The van der Waals surface area contributed by atoms with E-state index < -0.39 is 26.0 Å². The molecule has 2 saturated heterocycles. The number of aliphatic carboxylic acids is 1. The van der Waals surface area contributed by atoms with E-state index in [1.165, 1.54) is 33.0 Å². The van der Waals surface area contributed by atoms with Crippen molar-refractivity contribution < 1.29 is 36.2 Å². The number of fused-ring (bicyclic) bond motifs is 1.